The first kappa shape index (κ1) is 20.6. The molecule has 0 radical (unpaired) electrons. The number of fused-ring (bicyclic) bond motifs is 3. The van der Waals surface area contributed by atoms with Crippen LogP contribution < -0.4 is 15.4 Å². The van der Waals surface area contributed by atoms with Crippen LogP contribution in [0.4, 0.5) is 5.69 Å². The molecule has 1 aromatic rings. The lowest BCUT2D eigenvalue weighted by atomic mass is 9.84. The highest BCUT2D eigenvalue weighted by Crippen LogP contribution is 2.47. The standard InChI is InChI=1S/C20H28N2O6/c1-3-6-21-18(24)9-13-8-15-14-7-12(22-19(25)11-26-2)4-5-16(14)28-20(15)17(10-23)27-13/h4-5,7,13,15,17,20,23H,3,6,8-11H2,1-2H3,(H,21,24)(H,22,25)/t13-,15+,17+,20-/m0/s1. The quantitative estimate of drug-likeness (QED) is 0.614. The molecule has 2 aliphatic heterocycles. The van der Waals surface area contributed by atoms with Crippen molar-refractivity contribution in [1.82, 2.24) is 5.32 Å². The number of hydrogen-bond donors (Lipinski definition) is 3. The van der Waals surface area contributed by atoms with E-state index in [1.54, 1.807) is 6.07 Å². The molecule has 1 fully saturated rings. The highest BCUT2D eigenvalue weighted by molar-refractivity contribution is 5.91. The normalized spacial score (nSPS) is 25.4. The second kappa shape index (κ2) is 9.36. The smallest absolute Gasteiger partial charge is 0.250 e. The minimum absolute atomic E-state index is 0.0100. The number of rotatable bonds is 8. The van der Waals surface area contributed by atoms with E-state index < -0.39 is 6.10 Å². The number of aliphatic hydroxyl groups is 1. The predicted molar refractivity (Wildman–Crippen MR) is 102 cm³/mol. The molecule has 0 spiro atoms. The lowest BCUT2D eigenvalue weighted by Crippen LogP contribution is -2.47. The van der Waals surface area contributed by atoms with Gasteiger partial charge in [0.2, 0.25) is 11.8 Å². The minimum Gasteiger partial charge on any atom is -0.487 e. The van der Waals surface area contributed by atoms with Crippen LogP contribution in [0.25, 0.3) is 0 Å². The van der Waals surface area contributed by atoms with Crippen molar-refractivity contribution in [3.05, 3.63) is 23.8 Å². The first-order valence-corrected chi connectivity index (χ1v) is 9.68. The SMILES string of the molecule is CCCNC(=O)C[C@@H]1C[C@@H]2c3cc(NC(=O)COC)ccc3O[C@@H]2[C@@H](CO)O1. The van der Waals surface area contributed by atoms with Crippen LogP contribution >= 0.6 is 0 Å². The van der Waals surface area contributed by atoms with Gasteiger partial charge in [-0.15, -0.1) is 0 Å². The number of hydrogen-bond acceptors (Lipinski definition) is 6. The van der Waals surface area contributed by atoms with Crippen LogP contribution in [0.5, 0.6) is 5.75 Å². The fourth-order valence-corrected chi connectivity index (χ4v) is 3.84. The van der Waals surface area contributed by atoms with Gasteiger partial charge in [-0.3, -0.25) is 9.59 Å². The van der Waals surface area contributed by atoms with E-state index in [9.17, 15) is 14.7 Å². The summed E-state index contributed by atoms with van der Waals surface area (Å²) in [6.07, 6.45) is 0.640. The Morgan fingerprint density at radius 1 is 1.32 bits per heavy atom. The first-order chi connectivity index (χ1) is 13.5. The maximum Gasteiger partial charge on any atom is 0.250 e. The van der Waals surface area contributed by atoms with Gasteiger partial charge in [0.05, 0.1) is 19.1 Å². The van der Waals surface area contributed by atoms with Crippen molar-refractivity contribution < 1.29 is 28.9 Å². The third-order valence-electron chi connectivity index (χ3n) is 5.04. The number of amides is 2. The summed E-state index contributed by atoms with van der Waals surface area (Å²) in [6, 6.07) is 5.48. The van der Waals surface area contributed by atoms with E-state index in [1.165, 1.54) is 7.11 Å². The van der Waals surface area contributed by atoms with Crippen LogP contribution in [0.3, 0.4) is 0 Å². The molecule has 4 atom stereocenters. The summed E-state index contributed by atoms with van der Waals surface area (Å²) >= 11 is 0. The highest BCUT2D eigenvalue weighted by Gasteiger charge is 2.46. The lowest BCUT2D eigenvalue weighted by molar-refractivity contribution is -0.142. The molecule has 1 saturated heterocycles. The molecule has 0 saturated carbocycles. The second-order valence-electron chi connectivity index (χ2n) is 7.19. The van der Waals surface area contributed by atoms with Crippen molar-refractivity contribution >= 4 is 17.5 Å². The lowest BCUT2D eigenvalue weighted by Gasteiger charge is -2.37. The van der Waals surface area contributed by atoms with Gasteiger partial charge in [-0.1, -0.05) is 6.92 Å². The fraction of sp³-hybridized carbons (Fsp3) is 0.600. The van der Waals surface area contributed by atoms with E-state index in [1.807, 2.05) is 19.1 Å². The Balaban J connectivity index is 1.74. The molecular weight excluding hydrogens is 364 g/mol. The van der Waals surface area contributed by atoms with Gasteiger partial charge in [0.15, 0.2) is 0 Å². The zero-order valence-corrected chi connectivity index (χ0v) is 16.3. The number of carbonyl (C=O) groups excluding carboxylic acids is 2. The topological polar surface area (TPSA) is 106 Å². The molecule has 1 aromatic carbocycles. The number of anilines is 1. The van der Waals surface area contributed by atoms with Gasteiger partial charge in [0, 0.05) is 30.8 Å². The molecule has 3 rings (SSSR count). The Hall–Kier alpha value is -2.16. The van der Waals surface area contributed by atoms with Crippen molar-refractivity contribution in [3.8, 4) is 5.75 Å². The summed E-state index contributed by atoms with van der Waals surface area (Å²) in [5.41, 5.74) is 1.62. The Labute approximate surface area is 164 Å². The van der Waals surface area contributed by atoms with Crippen LogP contribution in [0.15, 0.2) is 18.2 Å². The largest absolute Gasteiger partial charge is 0.487 e. The molecule has 2 amide bonds. The van der Waals surface area contributed by atoms with E-state index in [-0.39, 0.29) is 49.6 Å². The molecule has 8 heteroatoms. The molecule has 154 valence electrons. The molecule has 3 N–H and O–H groups in total. The molecule has 2 aliphatic rings. The summed E-state index contributed by atoms with van der Waals surface area (Å²) in [7, 11) is 1.47. The molecule has 0 aliphatic carbocycles. The van der Waals surface area contributed by atoms with Gasteiger partial charge in [0.1, 0.15) is 24.6 Å². The number of aliphatic hydroxyl groups excluding tert-OH is 1. The number of nitrogens with one attached hydrogen (secondary N) is 2. The van der Waals surface area contributed by atoms with Crippen molar-refractivity contribution in [2.45, 2.75) is 50.4 Å². The molecule has 2 heterocycles. The Kier molecular flexibility index (Phi) is 6.88. The van der Waals surface area contributed by atoms with Crippen LogP contribution in [0, 0.1) is 0 Å². The maximum absolute atomic E-state index is 12.1. The van der Waals surface area contributed by atoms with Crippen molar-refractivity contribution in [2.24, 2.45) is 0 Å². The van der Waals surface area contributed by atoms with E-state index in [2.05, 4.69) is 10.6 Å². The molecule has 0 unspecified atom stereocenters. The van der Waals surface area contributed by atoms with Gasteiger partial charge in [-0.25, -0.2) is 0 Å². The Bertz CT molecular complexity index is 710. The van der Waals surface area contributed by atoms with Gasteiger partial charge < -0.3 is 30.0 Å². The summed E-state index contributed by atoms with van der Waals surface area (Å²) in [5.74, 6) is 0.423. The van der Waals surface area contributed by atoms with Gasteiger partial charge >= 0.3 is 0 Å². The van der Waals surface area contributed by atoms with Crippen molar-refractivity contribution in [2.75, 3.05) is 32.2 Å². The van der Waals surface area contributed by atoms with Crippen LogP contribution in [0.2, 0.25) is 0 Å². The molecule has 28 heavy (non-hydrogen) atoms. The summed E-state index contributed by atoms with van der Waals surface area (Å²) in [4.78, 5) is 23.9. The summed E-state index contributed by atoms with van der Waals surface area (Å²) < 4.78 is 16.8. The monoisotopic (exact) mass is 392 g/mol. The van der Waals surface area contributed by atoms with Gasteiger partial charge in [-0.2, -0.15) is 0 Å². The molecule has 0 aromatic heterocycles. The van der Waals surface area contributed by atoms with Gasteiger partial charge in [-0.05, 0) is 31.0 Å². The third kappa shape index (κ3) is 4.63. The second-order valence-corrected chi connectivity index (χ2v) is 7.19. The van der Waals surface area contributed by atoms with E-state index in [4.69, 9.17) is 14.2 Å². The molecule has 0 bridgehead atoms. The van der Waals surface area contributed by atoms with Gasteiger partial charge in [0.25, 0.3) is 0 Å². The Morgan fingerprint density at radius 3 is 2.86 bits per heavy atom. The summed E-state index contributed by atoms with van der Waals surface area (Å²) in [6.45, 7) is 2.44. The minimum atomic E-state index is -0.498. The number of ether oxygens (including phenoxy) is 3. The van der Waals surface area contributed by atoms with E-state index >= 15 is 0 Å². The number of carbonyl (C=O) groups is 2. The van der Waals surface area contributed by atoms with Crippen molar-refractivity contribution in [1.29, 1.82) is 0 Å². The zero-order chi connectivity index (χ0) is 20.1. The van der Waals surface area contributed by atoms with E-state index in [0.29, 0.717) is 18.7 Å². The van der Waals surface area contributed by atoms with Crippen molar-refractivity contribution in [3.63, 3.8) is 0 Å². The fourth-order valence-electron chi connectivity index (χ4n) is 3.84. The van der Waals surface area contributed by atoms with E-state index in [0.717, 1.165) is 17.7 Å². The van der Waals surface area contributed by atoms with Crippen LogP contribution in [-0.2, 0) is 19.1 Å². The highest BCUT2D eigenvalue weighted by atomic mass is 16.6. The average molecular weight is 392 g/mol. The van der Waals surface area contributed by atoms with Crippen LogP contribution in [0.1, 0.15) is 37.7 Å². The third-order valence-corrected chi connectivity index (χ3v) is 5.04. The molecular formula is C20H28N2O6. The number of benzene rings is 1. The van der Waals surface area contributed by atoms with Crippen LogP contribution in [-0.4, -0.2) is 62.1 Å². The summed E-state index contributed by atoms with van der Waals surface area (Å²) in [5, 5.41) is 15.4. The zero-order valence-electron chi connectivity index (χ0n) is 16.3. The number of methoxy groups -OCH3 is 1. The Morgan fingerprint density at radius 2 is 2.14 bits per heavy atom. The first-order valence-electron chi connectivity index (χ1n) is 9.68. The molecule has 8 nitrogen and oxygen atoms in total. The maximum atomic E-state index is 12.1. The predicted octanol–water partition coefficient (Wildman–Crippen LogP) is 1.18. The average Bonchev–Trinajstić information content (AvgIpc) is 3.04.